The van der Waals surface area contributed by atoms with Crippen LogP contribution in [0.5, 0.6) is 0 Å². The van der Waals surface area contributed by atoms with E-state index in [2.05, 4.69) is 52.8 Å². The Labute approximate surface area is 126 Å². The Bertz CT molecular complexity index is 431. The first kappa shape index (κ1) is 15.6. The summed E-state index contributed by atoms with van der Waals surface area (Å²) in [5.74, 6) is 1.73. The Hall–Kier alpha value is -0.780. The monoisotopic (exact) mass is 272 g/mol. The van der Waals surface area contributed by atoms with Crippen molar-refractivity contribution in [3.63, 3.8) is 0 Å². The molecule has 0 heterocycles. The van der Waals surface area contributed by atoms with Crippen LogP contribution in [0.15, 0.2) is 34.9 Å². The van der Waals surface area contributed by atoms with E-state index in [4.69, 9.17) is 0 Å². The van der Waals surface area contributed by atoms with Crippen LogP contribution in [-0.2, 0) is 0 Å². The molecular weight excluding hydrogens is 240 g/mol. The van der Waals surface area contributed by atoms with Gasteiger partial charge in [0.2, 0.25) is 0 Å². The maximum absolute atomic E-state index is 2.58. The first-order valence-electron chi connectivity index (χ1n) is 8.40. The Morgan fingerprint density at radius 1 is 0.850 bits per heavy atom. The van der Waals surface area contributed by atoms with Gasteiger partial charge in [-0.3, -0.25) is 0 Å². The van der Waals surface area contributed by atoms with Crippen LogP contribution in [0.25, 0.3) is 0 Å². The first-order chi connectivity index (χ1) is 9.41. The molecule has 0 nitrogen and oxygen atoms in total. The molecule has 2 atom stereocenters. The zero-order chi connectivity index (χ0) is 14.8. The Kier molecular flexibility index (Phi) is 4.94. The van der Waals surface area contributed by atoms with E-state index in [1.165, 1.54) is 38.5 Å². The van der Waals surface area contributed by atoms with Crippen molar-refractivity contribution in [3.05, 3.63) is 34.9 Å². The molecule has 2 unspecified atom stereocenters. The fourth-order valence-electron chi connectivity index (χ4n) is 3.74. The van der Waals surface area contributed by atoms with E-state index in [1.807, 2.05) is 0 Å². The van der Waals surface area contributed by atoms with Gasteiger partial charge in [0.05, 0.1) is 0 Å². The van der Waals surface area contributed by atoms with E-state index in [-0.39, 0.29) is 0 Å². The summed E-state index contributed by atoms with van der Waals surface area (Å²) in [5.41, 5.74) is 5.28. The third kappa shape index (κ3) is 3.87. The van der Waals surface area contributed by atoms with Gasteiger partial charge in [0.15, 0.2) is 0 Å². The van der Waals surface area contributed by atoms with Crippen molar-refractivity contribution < 1.29 is 0 Å². The average Bonchev–Trinajstić information content (AvgIpc) is 2.86. The van der Waals surface area contributed by atoms with Crippen molar-refractivity contribution in [1.82, 2.24) is 0 Å². The van der Waals surface area contributed by atoms with Gasteiger partial charge in [0.1, 0.15) is 0 Å². The van der Waals surface area contributed by atoms with Crippen molar-refractivity contribution in [2.45, 2.75) is 73.1 Å². The molecule has 0 radical (unpaired) electrons. The molecule has 0 aliphatic heterocycles. The van der Waals surface area contributed by atoms with Crippen LogP contribution in [0.3, 0.4) is 0 Å². The highest BCUT2D eigenvalue weighted by molar-refractivity contribution is 5.19. The zero-order valence-corrected chi connectivity index (χ0v) is 14.1. The second-order valence-corrected chi connectivity index (χ2v) is 7.68. The molecule has 0 aromatic carbocycles. The lowest BCUT2D eigenvalue weighted by Crippen LogP contribution is -1.91. The smallest absolute Gasteiger partial charge is 0.0143 e. The summed E-state index contributed by atoms with van der Waals surface area (Å²) in [4.78, 5) is 0. The van der Waals surface area contributed by atoms with E-state index in [0.717, 1.165) is 11.8 Å². The van der Waals surface area contributed by atoms with E-state index in [0.29, 0.717) is 5.41 Å². The van der Waals surface area contributed by atoms with Gasteiger partial charge >= 0.3 is 0 Å². The van der Waals surface area contributed by atoms with E-state index in [9.17, 15) is 0 Å². The molecule has 0 saturated heterocycles. The molecule has 0 bridgehead atoms. The summed E-state index contributed by atoms with van der Waals surface area (Å²) >= 11 is 0. The third-order valence-corrected chi connectivity index (χ3v) is 5.52. The predicted molar refractivity (Wildman–Crippen MR) is 89.7 cm³/mol. The van der Waals surface area contributed by atoms with Crippen LogP contribution in [-0.4, -0.2) is 0 Å². The van der Waals surface area contributed by atoms with Gasteiger partial charge in [-0.25, -0.2) is 0 Å². The van der Waals surface area contributed by atoms with Crippen molar-refractivity contribution in [2.75, 3.05) is 0 Å². The van der Waals surface area contributed by atoms with Gasteiger partial charge in [-0.15, -0.1) is 0 Å². The molecule has 0 amide bonds. The van der Waals surface area contributed by atoms with Crippen LogP contribution in [0.1, 0.15) is 73.1 Å². The van der Waals surface area contributed by atoms with Gasteiger partial charge in [0.25, 0.3) is 0 Å². The molecule has 1 fully saturated rings. The molecule has 0 aromatic rings. The fourth-order valence-corrected chi connectivity index (χ4v) is 3.74. The summed E-state index contributed by atoms with van der Waals surface area (Å²) < 4.78 is 0. The minimum atomic E-state index is 0.535. The molecule has 2 aliphatic carbocycles. The summed E-state index contributed by atoms with van der Waals surface area (Å²) in [5, 5.41) is 0. The molecular formula is C20H32. The molecule has 0 aromatic heterocycles. The molecule has 20 heavy (non-hydrogen) atoms. The largest absolute Gasteiger partial charge is 0.0853 e. The SMILES string of the molecule is C/C1=C/CC/C(C)=C\C2C(CC/C(C)=C\CC1)C2(C)C. The van der Waals surface area contributed by atoms with E-state index >= 15 is 0 Å². The van der Waals surface area contributed by atoms with Crippen molar-refractivity contribution in [2.24, 2.45) is 17.3 Å². The Morgan fingerprint density at radius 2 is 1.40 bits per heavy atom. The van der Waals surface area contributed by atoms with Crippen LogP contribution < -0.4 is 0 Å². The molecule has 0 heteroatoms. The summed E-state index contributed by atoms with van der Waals surface area (Å²) in [6.07, 6.45) is 15.1. The van der Waals surface area contributed by atoms with Crippen LogP contribution >= 0.6 is 0 Å². The Balaban J connectivity index is 2.09. The zero-order valence-electron chi connectivity index (χ0n) is 14.1. The molecule has 112 valence electrons. The van der Waals surface area contributed by atoms with Crippen LogP contribution in [0.4, 0.5) is 0 Å². The number of allylic oxidation sites excluding steroid dienone is 6. The lowest BCUT2D eigenvalue weighted by Gasteiger charge is -2.05. The molecule has 0 spiro atoms. The first-order valence-corrected chi connectivity index (χ1v) is 8.40. The number of hydrogen-bond acceptors (Lipinski definition) is 0. The number of fused-ring (bicyclic) bond motifs is 1. The topological polar surface area (TPSA) is 0 Å². The minimum absolute atomic E-state index is 0.535. The summed E-state index contributed by atoms with van der Waals surface area (Å²) in [6.45, 7) is 11.8. The quantitative estimate of drug-likeness (QED) is 0.444. The van der Waals surface area contributed by atoms with E-state index < -0.39 is 0 Å². The summed E-state index contributed by atoms with van der Waals surface area (Å²) in [7, 11) is 0. The van der Waals surface area contributed by atoms with Crippen LogP contribution in [0.2, 0.25) is 0 Å². The summed E-state index contributed by atoms with van der Waals surface area (Å²) in [6, 6.07) is 0. The minimum Gasteiger partial charge on any atom is -0.0853 e. The van der Waals surface area contributed by atoms with Crippen LogP contribution in [0, 0.1) is 17.3 Å². The van der Waals surface area contributed by atoms with Crippen molar-refractivity contribution in [3.8, 4) is 0 Å². The number of rotatable bonds is 0. The maximum Gasteiger partial charge on any atom is -0.0143 e. The molecule has 0 N–H and O–H groups in total. The van der Waals surface area contributed by atoms with Crippen molar-refractivity contribution >= 4 is 0 Å². The van der Waals surface area contributed by atoms with Crippen molar-refractivity contribution in [1.29, 1.82) is 0 Å². The van der Waals surface area contributed by atoms with Gasteiger partial charge in [-0.2, -0.15) is 0 Å². The van der Waals surface area contributed by atoms with Gasteiger partial charge in [0, 0.05) is 0 Å². The second-order valence-electron chi connectivity index (χ2n) is 7.68. The van der Waals surface area contributed by atoms with Gasteiger partial charge in [-0.1, -0.05) is 48.8 Å². The standard InChI is InChI=1S/C20H32/c1-15-8-6-10-16(2)12-13-18-19(20(18,4)5)14-17(3)11-7-9-15/h9-10,14,18-19H,6-8,11-13H2,1-5H3/b15-9-,16-10-,17-14-. The molecule has 2 aliphatic rings. The number of hydrogen-bond donors (Lipinski definition) is 0. The lowest BCUT2D eigenvalue weighted by molar-refractivity contribution is 0.528. The third-order valence-electron chi connectivity index (χ3n) is 5.52. The van der Waals surface area contributed by atoms with Gasteiger partial charge < -0.3 is 0 Å². The molecule has 1 saturated carbocycles. The normalized spacial score (nSPS) is 39.1. The maximum atomic E-state index is 2.58. The lowest BCUT2D eigenvalue weighted by atomic mass is 10.0. The highest BCUT2D eigenvalue weighted by Crippen LogP contribution is 2.61. The average molecular weight is 272 g/mol. The van der Waals surface area contributed by atoms with Gasteiger partial charge in [-0.05, 0) is 76.5 Å². The Morgan fingerprint density at radius 3 is 2.05 bits per heavy atom. The fraction of sp³-hybridized carbons (Fsp3) is 0.700. The predicted octanol–water partition coefficient (Wildman–Crippen LogP) is 6.45. The second kappa shape index (κ2) is 6.33. The molecule has 2 rings (SSSR count). The highest BCUT2D eigenvalue weighted by Gasteiger charge is 2.55. The van der Waals surface area contributed by atoms with E-state index in [1.54, 1.807) is 16.7 Å². The highest BCUT2D eigenvalue weighted by atomic mass is 14.6.